The van der Waals surface area contributed by atoms with Gasteiger partial charge in [-0.15, -0.1) is 0 Å². The molecule has 0 amide bonds. The summed E-state index contributed by atoms with van der Waals surface area (Å²) in [5, 5.41) is 3.54. The second-order valence-electron chi connectivity index (χ2n) is 4.76. The van der Waals surface area contributed by atoms with Gasteiger partial charge in [-0.3, -0.25) is 0 Å². The van der Waals surface area contributed by atoms with Crippen LogP contribution in [0.1, 0.15) is 25.7 Å². The maximum atomic E-state index is 5.86. The van der Waals surface area contributed by atoms with Crippen LogP contribution in [0.5, 0.6) is 0 Å². The summed E-state index contributed by atoms with van der Waals surface area (Å²) in [7, 11) is 2.08. The van der Waals surface area contributed by atoms with Gasteiger partial charge in [-0.05, 0) is 36.7 Å². The Kier molecular flexibility index (Phi) is 4.07. The van der Waals surface area contributed by atoms with Crippen molar-refractivity contribution >= 4 is 17.4 Å². The van der Waals surface area contributed by atoms with Crippen molar-refractivity contribution in [3.05, 3.63) is 30.3 Å². The first-order valence-corrected chi connectivity index (χ1v) is 6.62. The fourth-order valence-corrected chi connectivity index (χ4v) is 2.82. The fraction of sp³-hybridized carbons (Fsp3) is 0.538. The Hall–Kier alpha value is -1.29. The molecule has 1 N–H and O–H groups in total. The number of halogens is 1. The molecule has 0 radical (unpaired) electrons. The summed E-state index contributed by atoms with van der Waals surface area (Å²) < 4.78 is 0. The van der Waals surface area contributed by atoms with Crippen molar-refractivity contribution in [3.63, 3.8) is 0 Å². The van der Waals surface area contributed by atoms with Crippen molar-refractivity contribution in [2.45, 2.75) is 31.2 Å². The summed E-state index contributed by atoms with van der Waals surface area (Å²) in [5.74, 6) is 0.878. The first-order valence-electron chi connectivity index (χ1n) is 6.25. The maximum absolute atomic E-state index is 5.86. The first-order chi connectivity index (χ1) is 8.68. The lowest BCUT2D eigenvalue weighted by molar-refractivity contribution is 0.402. The molecule has 5 heteroatoms. The molecule has 1 aliphatic rings. The summed E-state index contributed by atoms with van der Waals surface area (Å²) >= 11 is 5.86. The number of aromatic nitrogens is 2. The van der Waals surface area contributed by atoms with Crippen molar-refractivity contribution in [2.24, 2.45) is 0 Å². The van der Waals surface area contributed by atoms with E-state index in [0.717, 1.165) is 25.2 Å². The predicted molar refractivity (Wildman–Crippen MR) is 74.8 cm³/mol. The lowest BCUT2D eigenvalue weighted by Gasteiger charge is -2.39. The van der Waals surface area contributed by atoms with Gasteiger partial charge in [0.15, 0.2) is 0 Å². The highest BCUT2D eigenvalue weighted by Crippen LogP contribution is 2.36. The third-order valence-corrected chi connectivity index (χ3v) is 3.96. The lowest BCUT2D eigenvalue weighted by atomic mass is 9.95. The van der Waals surface area contributed by atoms with Crippen molar-refractivity contribution in [3.8, 4) is 0 Å². The summed E-state index contributed by atoms with van der Waals surface area (Å²) in [5.41, 5.74) is 0.103. The molecule has 0 spiro atoms. The van der Waals surface area contributed by atoms with Crippen LogP contribution >= 0.6 is 11.6 Å². The van der Waals surface area contributed by atoms with Crippen LogP contribution in [-0.4, -0.2) is 29.1 Å². The highest BCUT2D eigenvalue weighted by Gasteiger charge is 2.38. The molecular formula is C13H19ClN4. The molecule has 0 saturated heterocycles. The van der Waals surface area contributed by atoms with Crippen molar-refractivity contribution in [1.82, 2.24) is 15.3 Å². The van der Waals surface area contributed by atoms with Gasteiger partial charge >= 0.3 is 0 Å². The average molecular weight is 267 g/mol. The number of hydrogen-bond acceptors (Lipinski definition) is 4. The van der Waals surface area contributed by atoms with Gasteiger partial charge in [0.2, 0.25) is 5.28 Å². The van der Waals surface area contributed by atoms with E-state index in [0.29, 0.717) is 5.28 Å². The second kappa shape index (κ2) is 5.57. The van der Waals surface area contributed by atoms with Crippen LogP contribution in [0.3, 0.4) is 0 Å². The Balaban J connectivity index is 2.22. The summed E-state index contributed by atoms with van der Waals surface area (Å²) in [6.07, 6.45) is 8.27. The van der Waals surface area contributed by atoms with E-state index >= 15 is 0 Å². The molecule has 18 heavy (non-hydrogen) atoms. The molecular weight excluding hydrogens is 248 g/mol. The van der Waals surface area contributed by atoms with E-state index in [4.69, 9.17) is 11.6 Å². The van der Waals surface area contributed by atoms with Gasteiger partial charge in [-0.1, -0.05) is 19.4 Å². The minimum atomic E-state index is 0.103. The molecule has 1 fully saturated rings. The number of likely N-dealkylation sites (N-methyl/N-ethyl adjacent to an activating group) is 1. The summed E-state index contributed by atoms with van der Waals surface area (Å²) in [4.78, 5) is 10.5. The Morgan fingerprint density at radius 1 is 1.56 bits per heavy atom. The predicted octanol–water partition coefficient (Wildman–Crippen LogP) is 2.61. The zero-order chi connectivity index (χ0) is 13.0. The van der Waals surface area contributed by atoms with Gasteiger partial charge < -0.3 is 10.2 Å². The second-order valence-corrected chi connectivity index (χ2v) is 5.10. The quantitative estimate of drug-likeness (QED) is 0.832. The minimum absolute atomic E-state index is 0.103. The number of nitrogens with zero attached hydrogens (tertiary/aromatic N) is 3. The molecule has 0 unspecified atom stereocenters. The molecule has 98 valence electrons. The number of rotatable bonds is 5. The van der Waals surface area contributed by atoms with Crippen LogP contribution in [-0.2, 0) is 0 Å². The molecule has 4 nitrogen and oxygen atoms in total. The number of nitrogens with one attached hydrogen (secondary N) is 1. The summed E-state index contributed by atoms with van der Waals surface area (Å²) in [6.45, 7) is 4.61. The van der Waals surface area contributed by atoms with Crippen molar-refractivity contribution in [1.29, 1.82) is 0 Å². The molecule has 2 rings (SSSR count). The minimum Gasteiger partial charge on any atom is -0.389 e. The van der Waals surface area contributed by atoms with Gasteiger partial charge in [0, 0.05) is 19.8 Å². The Bertz CT molecular complexity index is 415. The zero-order valence-electron chi connectivity index (χ0n) is 10.7. The highest BCUT2D eigenvalue weighted by molar-refractivity contribution is 6.28. The molecule has 0 aliphatic heterocycles. The van der Waals surface area contributed by atoms with E-state index in [1.54, 1.807) is 12.4 Å². The smallest absolute Gasteiger partial charge is 0.224 e. The third kappa shape index (κ3) is 2.58. The maximum Gasteiger partial charge on any atom is 0.224 e. The van der Waals surface area contributed by atoms with E-state index in [1.165, 1.54) is 12.8 Å². The van der Waals surface area contributed by atoms with E-state index in [1.807, 2.05) is 6.07 Å². The van der Waals surface area contributed by atoms with Crippen LogP contribution in [0.25, 0.3) is 0 Å². The largest absolute Gasteiger partial charge is 0.389 e. The van der Waals surface area contributed by atoms with Crippen molar-refractivity contribution < 1.29 is 0 Å². The van der Waals surface area contributed by atoms with Crippen LogP contribution in [0.4, 0.5) is 5.82 Å². The first kappa shape index (κ1) is 13.1. The van der Waals surface area contributed by atoms with Gasteiger partial charge in [0.25, 0.3) is 0 Å². The molecule has 1 aliphatic carbocycles. The van der Waals surface area contributed by atoms with E-state index < -0.39 is 0 Å². The Labute approximate surface area is 113 Å². The number of hydrogen-bond donors (Lipinski definition) is 1. The van der Waals surface area contributed by atoms with Gasteiger partial charge in [0.1, 0.15) is 5.82 Å². The van der Waals surface area contributed by atoms with Gasteiger partial charge in [-0.2, -0.15) is 0 Å². The van der Waals surface area contributed by atoms with Crippen LogP contribution in [0, 0.1) is 0 Å². The Morgan fingerprint density at radius 2 is 2.28 bits per heavy atom. The van der Waals surface area contributed by atoms with Crippen LogP contribution in [0.15, 0.2) is 25.0 Å². The van der Waals surface area contributed by atoms with Gasteiger partial charge in [0.05, 0.1) is 5.54 Å². The molecule has 0 bridgehead atoms. The molecule has 1 heterocycles. The average Bonchev–Trinajstić information content (AvgIpc) is 2.85. The van der Waals surface area contributed by atoms with Crippen LogP contribution < -0.4 is 10.2 Å². The number of anilines is 1. The molecule has 0 aromatic carbocycles. The molecule has 1 saturated carbocycles. The van der Waals surface area contributed by atoms with E-state index in [2.05, 4.69) is 33.8 Å². The zero-order valence-corrected chi connectivity index (χ0v) is 11.5. The Morgan fingerprint density at radius 3 is 2.89 bits per heavy atom. The molecule has 1 aromatic rings. The van der Waals surface area contributed by atoms with E-state index in [-0.39, 0.29) is 5.54 Å². The van der Waals surface area contributed by atoms with Crippen LogP contribution in [0.2, 0.25) is 5.28 Å². The SMILES string of the molecule is C=CNCC1(N(C)c2ccnc(Cl)n2)CCCC1. The standard InChI is InChI=1S/C13H19ClN4/c1-3-15-10-13(7-4-5-8-13)18(2)11-6-9-16-12(14)17-11/h3,6,9,15H,1,4-5,7-8,10H2,2H3. The van der Waals surface area contributed by atoms with Crippen molar-refractivity contribution in [2.75, 3.05) is 18.5 Å². The summed E-state index contributed by atoms with van der Waals surface area (Å²) in [6, 6.07) is 1.90. The molecule has 1 aromatic heterocycles. The normalized spacial score (nSPS) is 17.4. The fourth-order valence-electron chi connectivity index (χ4n) is 2.68. The van der Waals surface area contributed by atoms with Gasteiger partial charge in [-0.25, -0.2) is 9.97 Å². The highest BCUT2D eigenvalue weighted by atomic mass is 35.5. The third-order valence-electron chi connectivity index (χ3n) is 3.78. The van der Waals surface area contributed by atoms with E-state index in [9.17, 15) is 0 Å². The molecule has 0 atom stereocenters. The lowest BCUT2D eigenvalue weighted by Crippen LogP contribution is -2.51. The monoisotopic (exact) mass is 266 g/mol. The topological polar surface area (TPSA) is 41.0 Å².